The van der Waals surface area contributed by atoms with E-state index in [9.17, 15) is 8.42 Å². The van der Waals surface area contributed by atoms with Gasteiger partial charge in [-0.25, -0.2) is 8.42 Å². The highest BCUT2D eigenvalue weighted by Crippen LogP contribution is 2.22. The summed E-state index contributed by atoms with van der Waals surface area (Å²) < 4.78 is 22.7. The monoisotopic (exact) mass is 271 g/mol. The molecule has 0 saturated heterocycles. The highest BCUT2D eigenvalue weighted by atomic mass is 32.2. The van der Waals surface area contributed by atoms with Crippen molar-refractivity contribution in [2.75, 3.05) is 37.9 Å². The number of nitrogens with two attached hydrogens (primary N) is 1. The molecule has 0 heterocycles. The Morgan fingerprint density at radius 1 is 1.39 bits per heavy atom. The Labute approximate surface area is 109 Å². The highest BCUT2D eigenvalue weighted by Gasteiger charge is 2.10. The molecule has 1 atom stereocenters. The molecule has 0 fully saturated rings. The SMILES string of the molecule is CC(CNc1ccc(S(C)(=O)=O)cc1N)N(C)C. The molecule has 0 radical (unpaired) electrons. The van der Waals surface area contributed by atoms with Gasteiger partial charge in [0.05, 0.1) is 16.3 Å². The quantitative estimate of drug-likeness (QED) is 0.782. The van der Waals surface area contributed by atoms with E-state index in [2.05, 4.69) is 17.1 Å². The number of nitrogens with zero attached hydrogens (tertiary/aromatic N) is 1. The van der Waals surface area contributed by atoms with Crippen molar-refractivity contribution < 1.29 is 8.42 Å². The van der Waals surface area contributed by atoms with Crippen LogP contribution >= 0.6 is 0 Å². The zero-order valence-electron chi connectivity index (χ0n) is 11.3. The largest absolute Gasteiger partial charge is 0.397 e. The lowest BCUT2D eigenvalue weighted by Crippen LogP contribution is -2.31. The number of benzene rings is 1. The number of nitrogen functional groups attached to an aromatic ring is 1. The van der Waals surface area contributed by atoms with Crippen LogP contribution in [0.2, 0.25) is 0 Å². The fourth-order valence-corrected chi connectivity index (χ4v) is 2.03. The van der Waals surface area contributed by atoms with Gasteiger partial charge in [0.1, 0.15) is 0 Å². The number of likely N-dealkylation sites (N-methyl/N-ethyl adjacent to an activating group) is 1. The van der Waals surface area contributed by atoms with E-state index >= 15 is 0 Å². The minimum absolute atomic E-state index is 0.242. The van der Waals surface area contributed by atoms with Gasteiger partial charge in [-0.05, 0) is 39.2 Å². The highest BCUT2D eigenvalue weighted by molar-refractivity contribution is 7.90. The van der Waals surface area contributed by atoms with Gasteiger partial charge in [-0.2, -0.15) is 0 Å². The van der Waals surface area contributed by atoms with Crippen LogP contribution in [-0.2, 0) is 9.84 Å². The summed E-state index contributed by atoms with van der Waals surface area (Å²) >= 11 is 0. The molecule has 3 N–H and O–H groups in total. The van der Waals surface area contributed by atoms with Gasteiger partial charge >= 0.3 is 0 Å². The van der Waals surface area contributed by atoms with E-state index in [1.807, 2.05) is 14.1 Å². The minimum Gasteiger partial charge on any atom is -0.397 e. The lowest BCUT2D eigenvalue weighted by molar-refractivity contribution is 0.326. The smallest absolute Gasteiger partial charge is 0.175 e. The predicted octanol–water partition coefficient (Wildman–Crippen LogP) is 1.03. The fraction of sp³-hybridized carbons (Fsp3) is 0.500. The van der Waals surface area contributed by atoms with Crippen LogP contribution < -0.4 is 11.1 Å². The van der Waals surface area contributed by atoms with Crippen molar-refractivity contribution >= 4 is 21.2 Å². The van der Waals surface area contributed by atoms with Crippen LogP contribution in [0.1, 0.15) is 6.92 Å². The summed E-state index contributed by atoms with van der Waals surface area (Å²) in [6.07, 6.45) is 1.17. The number of anilines is 2. The summed E-state index contributed by atoms with van der Waals surface area (Å²) in [5.74, 6) is 0. The van der Waals surface area contributed by atoms with Crippen molar-refractivity contribution in [2.24, 2.45) is 0 Å². The maximum Gasteiger partial charge on any atom is 0.175 e. The average molecular weight is 271 g/mol. The van der Waals surface area contributed by atoms with Crippen molar-refractivity contribution in [3.8, 4) is 0 Å². The molecule has 0 aliphatic rings. The van der Waals surface area contributed by atoms with Crippen LogP contribution in [-0.4, -0.2) is 46.3 Å². The summed E-state index contributed by atoms with van der Waals surface area (Å²) in [7, 11) is 0.802. The Morgan fingerprint density at radius 3 is 2.44 bits per heavy atom. The lowest BCUT2D eigenvalue weighted by Gasteiger charge is -2.21. The Morgan fingerprint density at radius 2 is 2.00 bits per heavy atom. The van der Waals surface area contributed by atoms with Crippen LogP contribution in [0.4, 0.5) is 11.4 Å². The molecule has 0 aliphatic heterocycles. The maximum absolute atomic E-state index is 11.4. The molecule has 0 aliphatic carbocycles. The second kappa shape index (κ2) is 5.58. The molecule has 1 aromatic carbocycles. The van der Waals surface area contributed by atoms with Crippen LogP contribution in [0.25, 0.3) is 0 Å². The van der Waals surface area contributed by atoms with E-state index in [1.54, 1.807) is 12.1 Å². The first-order valence-corrected chi connectivity index (χ1v) is 7.61. The van der Waals surface area contributed by atoms with E-state index in [-0.39, 0.29) is 4.90 Å². The van der Waals surface area contributed by atoms with Gasteiger partial charge < -0.3 is 16.0 Å². The van der Waals surface area contributed by atoms with E-state index < -0.39 is 9.84 Å². The van der Waals surface area contributed by atoms with Gasteiger partial charge in [-0.3, -0.25) is 0 Å². The zero-order chi connectivity index (χ0) is 13.9. The Bertz CT molecular complexity index is 512. The summed E-state index contributed by atoms with van der Waals surface area (Å²) in [4.78, 5) is 2.33. The summed E-state index contributed by atoms with van der Waals surface area (Å²) in [6, 6.07) is 5.11. The third-order valence-electron chi connectivity index (χ3n) is 2.92. The summed E-state index contributed by atoms with van der Waals surface area (Å²) in [5.41, 5.74) is 7.05. The van der Waals surface area contributed by atoms with Crippen molar-refractivity contribution in [3.05, 3.63) is 18.2 Å². The van der Waals surface area contributed by atoms with E-state index in [0.717, 1.165) is 12.2 Å². The van der Waals surface area contributed by atoms with Crippen LogP contribution in [0.3, 0.4) is 0 Å². The van der Waals surface area contributed by atoms with E-state index in [0.29, 0.717) is 11.7 Å². The molecular formula is C12H21N3O2S. The zero-order valence-corrected chi connectivity index (χ0v) is 12.1. The topological polar surface area (TPSA) is 75.4 Å². The van der Waals surface area contributed by atoms with Crippen LogP contribution in [0, 0.1) is 0 Å². The minimum atomic E-state index is -3.20. The van der Waals surface area contributed by atoms with Crippen molar-refractivity contribution in [2.45, 2.75) is 17.9 Å². The van der Waals surface area contributed by atoms with Gasteiger partial charge in [0.15, 0.2) is 9.84 Å². The first-order chi connectivity index (χ1) is 8.21. The van der Waals surface area contributed by atoms with Crippen molar-refractivity contribution in [3.63, 3.8) is 0 Å². The number of nitrogens with one attached hydrogen (secondary N) is 1. The molecule has 0 amide bonds. The lowest BCUT2D eigenvalue weighted by atomic mass is 10.2. The molecule has 1 aromatic rings. The Hall–Kier alpha value is -1.27. The average Bonchev–Trinajstić information content (AvgIpc) is 2.25. The molecule has 0 bridgehead atoms. The molecular weight excluding hydrogens is 250 g/mol. The summed E-state index contributed by atoms with van der Waals surface area (Å²) in [6.45, 7) is 2.84. The first-order valence-electron chi connectivity index (χ1n) is 5.71. The molecule has 102 valence electrons. The molecule has 6 heteroatoms. The first kappa shape index (κ1) is 14.8. The second-order valence-corrected chi connectivity index (χ2v) is 6.73. The maximum atomic E-state index is 11.4. The summed E-state index contributed by atoms with van der Waals surface area (Å²) in [5, 5.41) is 3.21. The van der Waals surface area contributed by atoms with Gasteiger partial charge in [0.2, 0.25) is 0 Å². The van der Waals surface area contributed by atoms with Gasteiger partial charge in [-0.1, -0.05) is 0 Å². The second-order valence-electron chi connectivity index (χ2n) is 4.71. The standard InChI is InChI=1S/C12H21N3O2S/c1-9(15(2)3)8-14-12-6-5-10(7-11(12)13)18(4,16)17/h5-7,9,14H,8,13H2,1-4H3. The third-order valence-corrected chi connectivity index (χ3v) is 4.03. The number of sulfone groups is 1. The molecule has 1 unspecified atom stereocenters. The fourth-order valence-electron chi connectivity index (χ4n) is 1.37. The molecule has 18 heavy (non-hydrogen) atoms. The van der Waals surface area contributed by atoms with Gasteiger partial charge in [0, 0.05) is 18.8 Å². The van der Waals surface area contributed by atoms with Crippen LogP contribution in [0.15, 0.2) is 23.1 Å². The molecule has 0 aromatic heterocycles. The molecule has 0 spiro atoms. The predicted molar refractivity (Wildman–Crippen MR) is 75.6 cm³/mol. The number of hydrogen-bond donors (Lipinski definition) is 2. The Balaban J connectivity index is 2.81. The van der Waals surface area contributed by atoms with Gasteiger partial charge in [0.25, 0.3) is 0 Å². The van der Waals surface area contributed by atoms with E-state index in [4.69, 9.17) is 5.73 Å². The Kier molecular flexibility index (Phi) is 4.59. The molecule has 0 saturated carbocycles. The third kappa shape index (κ3) is 3.89. The van der Waals surface area contributed by atoms with Crippen molar-refractivity contribution in [1.29, 1.82) is 0 Å². The van der Waals surface area contributed by atoms with E-state index in [1.165, 1.54) is 12.3 Å². The van der Waals surface area contributed by atoms with Crippen LogP contribution in [0.5, 0.6) is 0 Å². The normalized spacial score (nSPS) is 13.6. The molecule has 1 rings (SSSR count). The number of rotatable bonds is 5. The van der Waals surface area contributed by atoms with Gasteiger partial charge in [-0.15, -0.1) is 0 Å². The van der Waals surface area contributed by atoms with Crippen molar-refractivity contribution in [1.82, 2.24) is 4.90 Å². The molecule has 5 nitrogen and oxygen atoms in total. The number of hydrogen-bond acceptors (Lipinski definition) is 5.